The van der Waals surface area contributed by atoms with Gasteiger partial charge in [0.1, 0.15) is 17.7 Å². The zero-order valence-corrected chi connectivity index (χ0v) is 17.5. The molecule has 30 heavy (non-hydrogen) atoms. The maximum atomic E-state index is 12.1. The highest BCUT2D eigenvalue weighted by Crippen LogP contribution is 2.28. The second kappa shape index (κ2) is 9.63. The van der Waals surface area contributed by atoms with Crippen LogP contribution in [0.25, 0.3) is 0 Å². The van der Waals surface area contributed by atoms with Crippen molar-refractivity contribution < 1.29 is 14.6 Å². The number of piperidine rings is 1. The van der Waals surface area contributed by atoms with Crippen molar-refractivity contribution in [1.29, 1.82) is 5.41 Å². The zero-order valence-electron chi connectivity index (χ0n) is 17.5. The van der Waals surface area contributed by atoms with Crippen molar-refractivity contribution in [2.75, 3.05) is 25.5 Å². The highest BCUT2D eigenvalue weighted by atomic mass is 16.5. The molecule has 0 amide bonds. The van der Waals surface area contributed by atoms with Crippen LogP contribution in [-0.2, 0) is 11.2 Å². The number of hydrogen-bond acceptors (Lipinski definition) is 5. The van der Waals surface area contributed by atoms with Crippen molar-refractivity contribution in [3.05, 3.63) is 59.2 Å². The van der Waals surface area contributed by atoms with Crippen LogP contribution in [0, 0.1) is 5.41 Å². The van der Waals surface area contributed by atoms with E-state index in [4.69, 9.17) is 15.9 Å². The number of nitrogens with zero attached hydrogens (tertiary/aromatic N) is 1. The van der Waals surface area contributed by atoms with Crippen LogP contribution in [0.5, 0.6) is 5.75 Å². The van der Waals surface area contributed by atoms with E-state index in [0.717, 1.165) is 43.7 Å². The van der Waals surface area contributed by atoms with Gasteiger partial charge in [-0.1, -0.05) is 13.0 Å². The van der Waals surface area contributed by atoms with Crippen molar-refractivity contribution in [1.82, 2.24) is 4.90 Å². The molecule has 0 aliphatic carbocycles. The van der Waals surface area contributed by atoms with Crippen molar-refractivity contribution in [2.24, 2.45) is 5.73 Å². The van der Waals surface area contributed by atoms with Crippen molar-refractivity contribution in [3.8, 4) is 5.75 Å². The van der Waals surface area contributed by atoms with E-state index in [2.05, 4.69) is 17.3 Å². The van der Waals surface area contributed by atoms with E-state index in [1.165, 1.54) is 0 Å². The molecule has 1 fully saturated rings. The molecule has 2 aromatic carbocycles. The van der Waals surface area contributed by atoms with Gasteiger partial charge in [0.05, 0.1) is 0 Å². The van der Waals surface area contributed by atoms with E-state index in [1.807, 2.05) is 25.1 Å². The zero-order chi connectivity index (χ0) is 21.7. The quantitative estimate of drug-likeness (QED) is 0.393. The molecule has 1 atom stereocenters. The van der Waals surface area contributed by atoms with E-state index >= 15 is 0 Å². The molecule has 1 saturated heterocycles. The van der Waals surface area contributed by atoms with Gasteiger partial charge in [-0.2, -0.15) is 0 Å². The van der Waals surface area contributed by atoms with Crippen LogP contribution >= 0.6 is 0 Å². The van der Waals surface area contributed by atoms with Crippen LogP contribution in [0.15, 0.2) is 42.5 Å². The summed E-state index contributed by atoms with van der Waals surface area (Å²) in [4.78, 5) is 14.3. The number of aryl methyl sites for hydroxylation is 1. The van der Waals surface area contributed by atoms with Gasteiger partial charge >= 0.3 is 5.97 Å². The first-order chi connectivity index (χ1) is 14.4. The Morgan fingerprint density at radius 3 is 2.50 bits per heavy atom. The minimum Gasteiger partial charge on any atom is -0.490 e. The van der Waals surface area contributed by atoms with E-state index in [-0.39, 0.29) is 11.9 Å². The minimum absolute atomic E-state index is 0.0253. The van der Waals surface area contributed by atoms with Gasteiger partial charge in [0.15, 0.2) is 6.04 Å². The molecule has 7 heteroatoms. The Morgan fingerprint density at radius 1 is 1.27 bits per heavy atom. The third-order valence-corrected chi connectivity index (χ3v) is 5.45. The van der Waals surface area contributed by atoms with E-state index in [0.29, 0.717) is 16.8 Å². The highest BCUT2D eigenvalue weighted by Gasteiger charge is 2.23. The predicted molar refractivity (Wildman–Crippen MR) is 118 cm³/mol. The number of nitrogen functional groups attached to an aromatic ring is 1. The van der Waals surface area contributed by atoms with Gasteiger partial charge in [0, 0.05) is 24.3 Å². The molecule has 7 nitrogen and oxygen atoms in total. The third kappa shape index (κ3) is 5.51. The summed E-state index contributed by atoms with van der Waals surface area (Å²) in [6.07, 6.45) is 2.87. The molecule has 0 bridgehead atoms. The number of benzene rings is 2. The van der Waals surface area contributed by atoms with Crippen LogP contribution in [0.2, 0.25) is 0 Å². The maximum absolute atomic E-state index is 12.1. The molecule has 2 aromatic rings. The van der Waals surface area contributed by atoms with Crippen molar-refractivity contribution in [3.63, 3.8) is 0 Å². The van der Waals surface area contributed by atoms with Crippen LogP contribution in [-0.4, -0.2) is 48.1 Å². The van der Waals surface area contributed by atoms with Gasteiger partial charge in [0.2, 0.25) is 0 Å². The van der Waals surface area contributed by atoms with Gasteiger partial charge in [-0.3, -0.25) is 5.41 Å². The summed E-state index contributed by atoms with van der Waals surface area (Å²) in [5, 5.41) is 20.4. The van der Waals surface area contributed by atoms with E-state index in [9.17, 15) is 9.90 Å². The predicted octanol–water partition coefficient (Wildman–Crippen LogP) is 3.24. The fourth-order valence-corrected chi connectivity index (χ4v) is 3.62. The summed E-state index contributed by atoms with van der Waals surface area (Å²) in [5.41, 5.74) is 8.42. The Morgan fingerprint density at radius 2 is 1.93 bits per heavy atom. The molecule has 0 saturated carbocycles. The van der Waals surface area contributed by atoms with Gasteiger partial charge in [-0.15, -0.1) is 0 Å². The Labute approximate surface area is 177 Å². The topological polar surface area (TPSA) is 112 Å². The summed E-state index contributed by atoms with van der Waals surface area (Å²) >= 11 is 0. The maximum Gasteiger partial charge on any atom is 0.330 e. The van der Waals surface area contributed by atoms with Crippen LogP contribution in [0.3, 0.4) is 0 Å². The number of nitrogens with one attached hydrogen (secondary N) is 2. The lowest BCUT2D eigenvalue weighted by atomic mass is 10.0. The summed E-state index contributed by atoms with van der Waals surface area (Å²) < 4.78 is 6.22. The Balaban J connectivity index is 1.82. The number of carbonyl (C=O) groups is 1. The lowest BCUT2D eigenvalue weighted by Gasteiger charge is -2.29. The first-order valence-electron chi connectivity index (χ1n) is 10.3. The number of aliphatic carboxylic acids is 1. The molecule has 0 radical (unpaired) electrons. The molecule has 3 rings (SSSR count). The number of carboxylic acid groups (broad SMARTS) is 1. The molecular weight excluding hydrogens is 380 g/mol. The normalized spacial score (nSPS) is 16.1. The lowest BCUT2D eigenvalue weighted by Crippen LogP contribution is -2.35. The van der Waals surface area contributed by atoms with Gasteiger partial charge < -0.3 is 25.8 Å². The number of likely N-dealkylation sites (tertiary alicyclic amines) is 1. The van der Waals surface area contributed by atoms with E-state index in [1.54, 1.807) is 24.3 Å². The molecular formula is C23H30N4O3. The van der Waals surface area contributed by atoms with Crippen LogP contribution in [0.4, 0.5) is 5.69 Å². The average molecular weight is 411 g/mol. The number of anilines is 1. The first-order valence-corrected chi connectivity index (χ1v) is 10.3. The summed E-state index contributed by atoms with van der Waals surface area (Å²) in [5.74, 6) is -0.273. The van der Waals surface area contributed by atoms with E-state index < -0.39 is 12.0 Å². The monoisotopic (exact) mass is 410 g/mol. The Hall–Kier alpha value is -3.06. The number of hydrogen-bond donors (Lipinski definition) is 4. The van der Waals surface area contributed by atoms with Crippen molar-refractivity contribution in [2.45, 2.75) is 38.3 Å². The SMILES string of the molecule is CCc1cc(OC2CCN(C)CC2)cc(C(Nc2ccc(C(=N)N)cc2)C(=O)O)c1. The number of nitrogens with two attached hydrogens (primary N) is 1. The summed E-state index contributed by atoms with van der Waals surface area (Å²) in [6, 6.07) is 11.7. The Kier molecular flexibility index (Phi) is 6.95. The second-order valence-electron chi connectivity index (χ2n) is 7.79. The number of rotatable bonds is 8. The largest absolute Gasteiger partial charge is 0.490 e. The molecule has 5 N–H and O–H groups in total. The molecule has 1 heterocycles. The highest BCUT2D eigenvalue weighted by molar-refractivity contribution is 5.95. The minimum atomic E-state index is -0.968. The van der Waals surface area contributed by atoms with Gasteiger partial charge in [0.25, 0.3) is 0 Å². The summed E-state index contributed by atoms with van der Waals surface area (Å²) in [6.45, 7) is 4.04. The van der Waals surface area contributed by atoms with Gasteiger partial charge in [-0.05, 0) is 73.8 Å². The second-order valence-corrected chi connectivity index (χ2v) is 7.79. The van der Waals surface area contributed by atoms with Gasteiger partial charge in [-0.25, -0.2) is 4.79 Å². The average Bonchev–Trinajstić information content (AvgIpc) is 2.73. The standard InChI is InChI=1S/C23H30N4O3/c1-3-15-12-17(14-20(13-15)30-19-8-10-27(2)11-9-19)21(23(28)29)26-18-6-4-16(5-7-18)22(24)25/h4-7,12-14,19,21,26H,3,8-11H2,1-2H3,(H3,24,25)(H,28,29). The van der Waals surface area contributed by atoms with Crippen LogP contribution < -0.4 is 15.8 Å². The first kappa shape index (κ1) is 21.6. The fraction of sp³-hybridized carbons (Fsp3) is 0.391. The smallest absolute Gasteiger partial charge is 0.330 e. The molecule has 0 spiro atoms. The summed E-state index contributed by atoms with van der Waals surface area (Å²) in [7, 11) is 2.11. The molecule has 160 valence electrons. The Bertz CT molecular complexity index is 890. The number of amidine groups is 1. The number of carboxylic acids is 1. The fourth-order valence-electron chi connectivity index (χ4n) is 3.62. The van der Waals surface area contributed by atoms with Crippen LogP contribution in [0.1, 0.15) is 42.5 Å². The molecule has 1 aliphatic heterocycles. The van der Waals surface area contributed by atoms with Crippen molar-refractivity contribution >= 4 is 17.5 Å². The molecule has 1 aliphatic rings. The molecule has 0 aromatic heterocycles. The molecule has 1 unspecified atom stereocenters. The third-order valence-electron chi connectivity index (χ3n) is 5.45. The number of ether oxygens (including phenoxy) is 1. The lowest BCUT2D eigenvalue weighted by molar-refractivity contribution is -0.138.